The highest BCUT2D eigenvalue weighted by molar-refractivity contribution is 6.32. The van der Waals surface area contributed by atoms with Gasteiger partial charge in [-0.25, -0.2) is 4.98 Å². The molecule has 2 N–H and O–H groups in total. The summed E-state index contributed by atoms with van der Waals surface area (Å²) >= 11 is 6.22. The molecule has 1 aliphatic heterocycles. The summed E-state index contributed by atoms with van der Waals surface area (Å²) in [4.78, 5) is 10.7. The van der Waals surface area contributed by atoms with Crippen molar-refractivity contribution in [3.05, 3.63) is 58.7 Å². The van der Waals surface area contributed by atoms with Crippen molar-refractivity contribution in [2.45, 2.75) is 18.6 Å². The molecule has 0 saturated carbocycles. The van der Waals surface area contributed by atoms with Crippen LogP contribution in [0, 0.1) is 11.8 Å². The summed E-state index contributed by atoms with van der Waals surface area (Å²) in [5.41, 5.74) is -0.167. The summed E-state index contributed by atoms with van der Waals surface area (Å²) in [6.07, 6.45) is -1.72. The number of alkyl halides is 3. The summed E-state index contributed by atoms with van der Waals surface area (Å²) in [6, 6.07) is 8.57. The average Bonchev–Trinajstić information content (AvgIpc) is 3.18. The third-order valence-electron chi connectivity index (χ3n) is 4.58. The van der Waals surface area contributed by atoms with E-state index >= 15 is 0 Å². The zero-order chi connectivity index (χ0) is 21.6. The maximum atomic E-state index is 12.6. The lowest BCUT2D eigenvalue weighted by Gasteiger charge is -2.20. The molecule has 158 valence electrons. The molecule has 1 fully saturated rings. The molecule has 0 bridgehead atoms. The van der Waals surface area contributed by atoms with E-state index in [2.05, 4.69) is 37.4 Å². The second kappa shape index (κ2) is 9.72. The van der Waals surface area contributed by atoms with Gasteiger partial charge in [-0.3, -0.25) is 4.99 Å². The van der Waals surface area contributed by atoms with E-state index in [1.165, 1.54) is 12.1 Å². The lowest BCUT2D eigenvalue weighted by Crippen LogP contribution is -2.44. The summed E-state index contributed by atoms with van der Waals surface area (Å²) in [5, 5.41) is 7.06. The second-order valence-corrected chi connectivity index (χ2v) is 7.09. The van der Waals surface area contributed by atoms with Crippen molar-refractivity contribution in [1.29, 1.82) is 0 Å². The molecule has 2 heterocycles. The Balaban J connectivity index is 1.48. The van der Waals surface area contributed by atoms with E-state index in [4.69, 9.17) is 11.6 Å². The van der Waals surface area contributed by atoms with Gasteiger partial charge in [-0.1, -0.05) is 23.4 Å². The topological polar surface area (TPSA) is 52.6 Å². The standard InChI is InChI=1S/C21H21ClF3N5/c1-26-20(28-12-2-4-15-6-8-16(9-7-15)21(23,24)25)29-17-10-13-30(14-17)19-18(22)5-3-11-27-19/h3,5-9,11,17H,10,12-14H2,1H3,(H2,26,28,29). The van der Waals surface area contributed by atoms with Crippen LogP contribution in [0.25, 0.3) is 0 Å². The van der Waals surface area contributed by atoms with Crippen LogP contribution < -0.4 is 15.5 Å². The van der Waals surface area contributed by atoms with Gasteiger partial charge in [0.05, 0.1) is 17.1 Å². The normalized spacial score (nSPS) is 16.8. The van der Waals surface area contributed by atoms with Gasteiger partial charge in [0.15, 0.2) is 5.96 Å². The van der Waals surface area contributed by atoms with Crippen molar-refractivity contribution >= 4 is 23.4 Å². The minimum Gasteiger partial charge on any atom is -0.353 e. The van der Waals surface area contributed by atoms with Crippen molar-refractivity contribution in [2.24, 2.45) is 4.99 Å². The largest absolute Gasteiger partial charge is 0.416 e. The molecule has 30 heavy (non-hydrogen) atoms. The number of hydrogen-bond donors (Lipinski definition) is 2. The monoisotopic (exact) mass is 435 g/mol. The molecule has 5 nitrogen and oxygen atoms in total. The van der Waals surface area contributed by atoms with Gasteiger partial charge in [-0.15, -0.1) is 0 Å². The Kier molecular flexibility index (Phi) is 7.06. The Morgan fingerprint density at radius 1 is 1.30 bits per heavy atom. The number of anilines is 1. The van der Waals surface area contributed by atoms with Gasteiger partial charge >= 0.3 is 6.18 Å². The van der Waals surface area contributed by atoms with Crippen LogP contribution >= 0.6 is 11.6 Å². The number of nitrogens with zero attached hydrogens (tertiary/aromatic N) is 3. The molecule has 1 aromatic carbocycles. The fourth-order valence-corrected chi connectivity index (χ4v) is 3.33. The quantitative estimate of drug-likeness (QED) is 0.440. The highest BCUT2D eigenvalue weighted by atomic mass is 35.5. The molecular formula is C21H21ClF3N5. The Morgan fingerprint density at radius 3 is 2.73 bits per heavy atom. The van der Waals surface area contributed by atoms with E-state index in [1.54, 1.807) is 19.3 Å². The minimum absolute atomic E-state index is 0.178. The lowest BCUT2D eigenvalue weighted by molar-refractivity contribution is -0.137. The molecule has 1 unspecified atom stereocenters. The van der Waals surface area contributed by atoms with Gasteiger partial charge in [0.1, 0.15) is 5.82 Å². The molecular weight excluding hydrogens is 415 g/mol. The molecule has 3 rings (SSSR count). The minimum atomic E-state index is -4.34. The van der Waals surface area contributed by atoms with Gasteiger partial charge in [0.2, 0.25) is 0 Å². The van der Waals surface area contributed by atoms with Gasteiger partial charge in [-0.05, 0) is 42.8 Å². The van der Waals surface area contributed by atoms with Crippen molar-refractivity contribution in [3.63, 3.8) is 0 Å². The maximum absolute atomic E-state index is 12.6. The smallest absolute Gasteiger partial charge is 0.353 e. The number of halogens is 4. The fourth-order valence-electron chi connectivity index (χ4n) is 3.09. The van der Waals surface area contributed by atoms with E-state index in [9.17, 15) is 13.2 Å². The van der Waals surface area contributed by atoms with Crippen LogP contribution in [0.2, 0.25) is 5.02 Å². The van der Waals surface area contributed by atoms with Crippen LogP contribution in [0.4, 0.5) is 19.0 Å². The van der Waals surface area contributed by atoms with Gasteiger partial charge in [-0.2, -0.15) is 13.2 Å². The first-order chi connectivity index (χ1) is 14.4. The van der Waals surface area contributed by atoms with Gasteiger partial charge in [0, 0.05) is 37.9 Å². The predicted molar refractivity (Wildman–Crippen MR) is 113 cm³/mol. The molecule has 0 spiro atoms. The number of rotatable bonds is 3. The van der Waals surface area contributed by atoms with E-state index in [0.717, 1.165) is 37.5 Å². The molecule has 9 heteroatoms. The Labute approximate surface area is 178 Å². The van der Waals surface area contributed by atoms with Crippen LogP contribution in [0.5, 0.6) is 0 Å². The molecule has 1 aromatic heterocycles. The fraction of sp³-hybridized carbons (Fsp3) is 0.333. The third-order valence-corrected chi connectivity index (χ3v) is 4.88. The average molecular weight is 436 g/mol. The number of hydrogen-bond acceptors (Lipinski definition) is 3. The van der Waals surface area contributed by atoms with Gasteiger partial charge < -0.3 is 15.5 Å². The Bertz CT molecular complexity index is 948. The number of pyridine rings is 1. The number of aliphatic imine (C=N–C) groups is 1. The van der Waals surface area contributed by atoms with Crippen LogP contribution in [0.15, 0.2) is 47.6 Å². The Morgan fingerprint density at radius 2 is 2.07 bits per heavy atom. The summed E-state index contributed by atoms with van der Waals surface area (Å²) in [6.45, 7) is 1.89. The van der Waals surface area contributed by atoms with Crippen molar-refractivity contribution in [1.82, 2.24) is 15.6 Å². The predicted octanol–water partition coefficient (Wildman–Crippen LogP) is 3.55. The van der Waals surface area contributed by atoms with E-state index in [1.807, 2.05) is 6.07 Å². The van der Waals surface area contributed by atoms with Crippen LogP contribution in [0.3, 0.4) is 0 Å². The number of guanidine groups is 1. The van der Waals surface area contributed by atoms with Crippen molar-refractivity contribution in [3.8, 4) is 11.8 Å². The zero-order valence-electron chi connectivity index (χ0n) is 16.3. The first-order valence-electron chi connectivity index (χ1n) is 9.35. The molecule has 1 saturated heterocycles. The van der Waals surface area contributed by atoms with E-state index in [-0.39, 0.29) is 6.04 Å². The van der Waals surface area contributed by atoms with Gasteiger partial charge in [0.25, 0.3) is 0 Å². The summed E-state index contributed by atoms with van der Waals surface area (Å²) in [5.74, 6) is 7.11. The zero-order valence-corrected chi connectivity index (χ0v) is 17.1. The van der Waals surface area contributed by atoms with E-state index < -0.39 is 11.7 Å². The molecule has 1 atom stereocenters. The highest BCUT2D eigenvalue weighted by Gasteiger charge is 2.29. The number of aromatic nitrogens is 1. The number of nitrogens with one attached hydrogen (secondary N) is 2. The first kappa shape index (κ1) is 21.8. The first-order valence-corrected chi connectivity index (χ1v) is 9.73. The maximum Gasteiger partial charge on any atom is 0.416 e. The summed E-state index contributed by atoms with van der Waals surface area (Å²) < 4.78 is 37.7. The van der Waals surface area contributed by atoms with Crippen molar-refractivity contribution in [2.75, 3.05) is 31.6 Å². The molecule has 0 aliphatic carbocycles. The second-order valence-electron chi connectivity index (χ2n) is 6.69. The van der Waals surface area contributed by atoms with Crippen LogP contribution in [0.1, 0.15) is 17.5 Å². The molecule has 1 aliphatic rings. The third kappa shape index (κ3) is 5.80. The molecule has 2 aromatic rings. The van der Waals surface area contributed by atoms with Crippen molar-refractivity contribution < 1.29 is 13.2 Å². The number of benzene rings is 1. The van der Waals surface area contributed by atoms with Crippen LogP contribution in [-0.4, -0.2) is 43.7 Å². The van der Waals surface area contributed by atoms with E-state index in [0.29, 0.717) is 23.1 Å². The summed E-state index contributed by atoms with van der Waals surface area (Å²) in [7, 11) is 1.67. The molecule has 0 amide bonds. The highest BCUT2D eigenvalue weighted by Crippen LogP contribution is 2.29. The lowest BCUT2D eigenvalue weighted by atomic mass is 10.1. The molecule has 0 radical (unpaired) electrons. The van der Waals surface area contributed by atoms with Crippen LogP contribution in [-0.2, 0) is 6.18 Å². The SMILES string of the molecule is CN=C(NCC#Cc1ccc(C(F)(F)F)cc1)NC1CCN(c2ncccc2Cl)C1. The Hall–Kier alpha value is -2.92.